The summed E-state index contributed by atoms with van der Waals surface area (Å²) in [4.78, 5) is 11.9. The van der Waals surface area contributed by atoms with E-state index >= 15 is 0 Å². The molecule has 2 N–H and O–H groups in total. The van der Waals surface area contributed by atoms with Crippen molar-refractivity contribution in [1.82, 2.24) is 9.97 Å². The maximum Gasteiger partial charge on any atom is 0.0647 e. The fraction of sp³-hybridized carbons (Fsp3) is 0.241. The molecule has 0 aliphatic rings. The van der Waals surface area contributed by atoms with Gasteiger partial charge in [-0.1, -0.05) is 42.5 Å². The largest absolute Gasteiger partial charge is 0.378 e. The number of aryl methyl sites for hydroxylation is 2. The molecular weight excluding hydrogens is 404 g/mol. The van der Waals surface area contributed by atoms with E-state index in [4.69, 9.17) is 0 Å². The maximum atomic E-state index is 3.80. The quantitative estimate of drug-likeness (QED) is 0.327. The molecule has 33 heavy (non-hydrogen) atoms. The number of fused-ring (bicyclic) bond motifs is 2. The number of rotatable bonds is 5. The molecule has 5 rings (SSSR count). The van der Waals surface area contributed by atoms with Gasteiger partial charge in [-0.15, -0.1) is 0 Å². The summed E-state index contributed by atoms with van der Waals surface area (Å²) in [5.74, 6) is 0.0941. The standard InChI is InChI=1S/C29H32N4/c1-18-23-14-12-21(32(3)4)16-25(23)30-28(18)27(20-10-8-7-9-11-20)29-19(2)24-15-13-22(33(5)6)17-26(24)31-29/h7-17,27,30-31H,1-6H3. The predicted molar refractivity (Wildman–Crippen MR) is 142 cm³/mol. The van der Waals surface area contributed by atoms with Crippen molar-refractivity contribution in [2.75, 3.05) is 38.0 Å². The summed E-state index contributed by atoms with van der Waals surface area (Å²) < 4.78 is 0. The molecule has 3 aromatic carbocycles. The van der Waals surface area contributed by atoms with Crippen molar-refractivity contribution < 1.29 is 0 Å². The average molecular weight is 437 g/mol. The molecule has 2 heterocycles. The number of anilines is 2. The van der Waals surface area contributed by atoms with E-state index in [0.717, 1.165) is 0 Å². The zero-order chi connectivity index (χ0) is 23.3. The highest BCUT2D eigenvalue weighted by atomic mass is 15.1. The molecule has 0 unspecified atom stereocenters. The Hall–Kier alpha value is -3.66. The van der Waals surface area contributed by atoms with E-state index in [1.165, 1.54) is 61.3 Å². The lowest BCUT2D eigenvalue weighted by molar-refractivity contribution is 0.887. The van der Waals surface area contributed by atoms with E-state index in [2.05, 4.69) is 129 Å². The van der Waals surface area contributed by atoms with Crippen molar-refractivity contribution in [2.45, 2.75) is 19.8 Å². The molecule has 0 saturated carbocycles. The van der Waals surface area contributed by atoms with Crippen LogP contribution in [0.2, 0.25) is 0 Å². The minimum atomic E-state index is 0.0941. The van der Waals surface area contributed by atoms with Crippen LogP contribution >= 0.6 is 0 Å². The van der Waals surface area contributed by atoms with Gasteiger partial charge in [-0.3, -0.25) is 0 Å². The Labute approximate surface area is 195 Å². The highest BCUT2D eigenvalue weighted by molar-refractivity contribution is 5.90. The first kappa shape index (κ1) is 21.2. The van der Waals surface area contributed by atoms with E-state index in [-0.39, 0.29) is 5.92 Å². The van der Waals surface area contributed by atoms with Crippen LogP contribution < -0.4 is 9.80 Å². The first-order valence-electron chi connectivity index (χ1n) is 11.5. The third-order valence-corrected chi connectivity index (χ3v) is 6.90. The fourth-order valence-electron chi connectivity index (χ4n) is 4.95. The first-order chi connectivity index (χ1) is 15.8. The second-order valence-corrected chi connectivity index (χ2v) is 9.42. The van der Waals surface area contributed by atoms with Gasteiger partial charge in [-0.2, -0.15) is 0 Å². The average Bonchev–Trinajstić information content (AvgIpc) is 3.31. The highest BCUT2D eigenvalue weighted by Crippen LogP contribution is 2.40. The highest BCUT2D eigenvalue weighted by Gasteiger charge is 2.26. The molecule has 0 radical (unpaired) electrons. The minimum absolute atomic E-state index is 0.0941. The van der Waals surface area contributed by atoms with Crippen molar-refractivity contribution in [3.05, 3.63) is 94.8 Å². The zero-order valence-electron chi connectivity index (χ0n) is 20.3. The van der Waals surface area contributed by atoms with Gasteiger partial charge in [0.1, 0.15) is 0 Å². The SMILES string of the molecule is Cc1c(C(c2ccccc2)c2[nH]c3cc(N(C)C)ccc3c2C)[nH]c2cc(N(C)C)ccc12. The number of aromatic nitrogens is 2. The Bertz CT molecular complexity index is 1350. The van der Waals surface area contributed by atoms with Gasteiger partial charge in [0.05, 0.1) is 5.92 Å². The summed E-state index contributed by atoms with van der Waals surface area (Å²) in [7, 11) is 8.34. The molecule has 4 nitrogen and oxygen atoms in total. The van der Waals surface area contributed by atoms with Gasteiger partial charge in [0.25, 0.3) is 0 Å². The lowest BCUT2D eigenvalue weighted by Crippen LogP contribution is -2.08. The molecule has 0 saturated heterocycles. The molecule has 4 heteroatoms. The van der Waals surface area contributed by atoms with Crippen LogP contribution in [0.25, 0.3) is 21.8 Å². The van der Waals surface area contributed by atoms with Gasteiger partial charge in [0.2, 0.25) is 0 Å². The van der Waals surface area contributed by atoms with Gasteiger partial charge < -0.3 is 19.8 Å². The monoisotopic (exact) mass is 436 g/mol. The molecule has 0 bridgehead atoms. The van der Waals surface area contributed by atoms with Crippen molar-refractivity contribution in [2.24, 2.45) is 0 Å². The number of hydrogen-bond donors (Lipinski definition) is 2. The van der Waals surface area contributed by atoms with Crippen LogP contribution in [0, 0.1) is 13.8 Å². The van der Waals surface area contributed by atoms with E-state index in [0.29, 0.717) is 0 Å². The number of nitrogens with zero attached hydrogens (tertiary/aromatic N) is 2. The maximum absolute atomic E-state index is 3.80. The van der Waals surface area contributed by atoms with Crippen molar-refractivity contribution in [1.29, 1.82) is 0 Å². The van der Waals surface area contributed by atoms with Gasteiger partial charge in [0.15, 0.2) is 0 Å². The smallest absolute Gasteiger partial charge is 0.0647 e. The van der Waals surface area contributed by atoms with Gasteiger partial charge >= 0.3 is 0 Å². The number of hydrogen-bond acceptors (Lipinski definition) is 2. The molecule has 168 valence electrons. The van der Waals surface area contributed by atoms with E-state index in [9.17, 15) is 0 Å². The van der Waals surface area contributed by atoms with Gasteiger partial charge in [0, 0.05) is 72.8 Å². The molecule has 0 aliphatic heterocycles. The topological polar surface area (TPSA) is 38.1 Å². The lowest BCUT2D eigenvalue weighted by Gasteiger charge is -2.18. The Kier molecular flexibility index (Phi) is 5.16. The van der Waals surface area contributed by atoms with E-state index in [1.54, 1.807) is 0 Å². The predicted octanol–water partition coefficient (Wildman–Crippen LogP) is 6.58. The van der Waals surface area contributed by atoms with Crippen LogP contribution in [-0.4, -0.2) is 38.2 Å². The molecule has 5 aromatic rings. The van der Waals surface area contributed by atoms with Crippen LogP contribution in [0.1, 0.15) is 34.0 Å². The van der Waals surface area contributed by atoms with Gasteiger partial charge in [-0.25, -0.2) is 0 Å². The first-order valence-corrected chi connectivity index (χ1v) is 11.5. The van der Waals surface area contributed by atoms with Gasteiger partial charge in [-0.05, 0) is 54.8 Å². The van der Waals surface area contributed by atoms with Crippen LogP contribution in [-0.2, 0) is 0 Å². The second kappa shape index (κ2) is 8.04. The van der Waals surface area contributed by atoms with Crippen LogP contribution in [0.4, 0.5) is 11.4 Å². The third kappa shape index (κ3) is 3.56. The lowest BCUT2D eigenvalue weighted by atomic mass is 9.88. The van der Waals surface area contributed by atoms with Crippen LogP contribution in [0.15, 0.2) is 66.7 Å². The van der Waals surface area contributed by atoms with Crippen molar-refractivity contribution in [3.63, 3.8) is 0 Å². The molecule has 0 atom stereocenters. The molecule has 0 fully saturated rings. The van der Waals surface area contributed by atoms with Crippen LogP contribution in [0.3, 0.4) is 0 Å². The van der Waals surface area contributed by atoms with E-state index in [1.807, 2.05) is 0 Å². The Balaban J connectivity index is 1.75. The summed E-state index contributed by atoms with van der Waals surface area (Å²) >= 11 is 0. The Morgan fingerprint density at radius 1 is 0.606 bits per heavy atom. The zero-order valence-corrected chi connectivity index (χ0v) is 20.3. The summed E-state index contributed by atoms with van der Waals surface area (Å²) in [6, 6.07) is 24.2. The Morgan fingerprint density at radius 2 is 1.06 bits per heavy atom. The third-order valence-electron chi connectivity index (χ3n) is 6.90. The number of H-pyrrole nitrogens is 2. The normalized spacial score (nSPS) is 11.6. The molecule has 0 aliphatic carbocycles. The molecule has 2 aromatic heterocycles. The molecule has 0 amide bonds. The molecular formula is C29H32N4. The summed E-state index contributed by atoms with van der Waals surface area (Å²) in [5, 5.41) is 2.56. The number of benzene rings is 3. The van der Waals surface area contributed by atoms with Crippen molar-refractivity contribution >= 4 is 33.2 Å². The van der Waals surface area contributed by atoms with E-state index < -0.39 is 0 Å². The second-order valence-electron chi connectivity index (χ2n) is 9.42. The summed E-state index contributed by atoms with van der Waals surface area (Å²) in [6.45, 7) is 4.48. The molecule has 0 spiro atoms. The fourth-order valence-corrected chi connectivity index (χ4v) is 4.95. The van der Waals surface area contributed by atoms with Crippen molar-refractivity contribution in [3.8, 4) is 0 Å². The summed E-state index contributed by atoms with van der Waals surface area (Å²) in [5.41, 5.74) is 11.1. The number of aromatic amines is 2. The number of nitrogens with one attached hydrogen (secondary N) is 2. The Morgan fingerprint density at radius 3 is 1.48 bits per heavy atom. The van der Waals surface area contributed by atoms with Crippen LogP contribution in [0.5, 0.6) is 0 Å². The minimum Gasteiger partial charge on any atom is -0.378 e. The summed E-state index contributed by atoms with van der Waals surface area (Å²) in [6.07, 6.45) is 0.